The molecule has 1 aromatic heterocycles. The topological polar surface area (TPSA) is 24.9 Å². The first kappa shape index (κ1) is 11.8. The van der Waals surface area contributed by atoms with Crippen LogP contribution in [0, 0.1) is 11.6 Å². The van der Waals surface area contributed by atoms with Crippen molar-refractivity contribution < 1.29 is 8.78 Å². The zero-order chi connectivity index (χ0) is 12.3. The third kappa shape index (κ3) is 2.91. The van der Waals surface area contributed by atoms with Crippen LogP contribution in [0.5, 0.6) is 0 Å². The summed E-state index contributed by atoms with van der Waals surface area (Å²) >= 11 is 5.69. The molecule has 0 aliphatic carbocycles. The van der Waals surface area contributed by atoms with Gasteiger partial charge in [0, 0.05) is 12.1 Å². The van der Waals surface area contributed by atoms with Crippen molar-refractivity contribution in [2.24, 2.45) is 0 Å². The molecule has 1 N–H and O–H groups in total. The lowest BCUT2D eigenvalue weighted by Gasteiger charge is -2.07. The van der Waals surface area contributed by atoms with E-state index in [1.165, 1.54) is 18.2 Å². The van der Waals surface area contributed by atoms with E-state index in [-0.39, 0.29) is 12.1 Å². The van der Waals surface area contributed by atoms with Gasteiger partial charge in [-0.2, -0.15) is 0 Å². The fourth-order valence-electron chi connectivity index (χ4n) is 1.39. The van der Waals surface area contributed by atoms with E-state index < -0.39 is 11.6 Å². The molecule has 0 aliphatic heterocycles. The van der Waals surface area contributed by atoms with E-state index in [4.69, 9.17) is 11.6 Å². The van der Waals surface area contributed by atoms with Gasteiger partial charge in [-0.15, -0.1) is 0 Å². The molecule has 0 fully saturated rings. The number of benzene rings is 1. The molecule has 88 valence electrons. The molecule has 0 spiro atoms. The van der Waals surface area contributed by atoms with Gasteiger partial charge in [-0.3, -0.25) is 0 Å². The van der Waals surface area contributed by atoms with Gasteiger partial charge < -0.3 is 5.32 Å². The first-order valence-corrected chi connectivity index (χ1v) is 5.34. The van der Waals surface area contributed by atoms with Gasteiger partial charge in [-0.25, -0.2) is 13.8 Å². The van der Waals surface area contributed by atoms with E-state index in [9.17, 15) is 8.78 Å². The lowest BCUT2D eigenvalue weighted by atomic mass is 10.2. The lowest BCUT2D eigenvalue weighted by Crippen LogP contribution is -2.05. The fourth-order valence-corrected chi connectivity index (χ4v) is 1.55. The molecule has 0 atom stereocenters. The van der Waals surface area contributed by atoms with Gasteiger partial charge in [-0.05, 0) is 24.3 Å². The number of nitrogens with one attached hydrogen (secondary N) is 1. The summed E-state index contributed by atoms with van der Waals surface area (Å²) in [7, 11) is 0. The predicted octanol–water partition coefficient (Wildman–Crippen LogP) is 3.63. The Morgan fingerprint density at radius 2 is 1.71 bits per heavy atom. The van der Waals surface area contributed by atoms with E-state index in [0.717, 1.165) is 0 Å². The van der Waals surface area contributed by atoms with Crippen molar-refractivity contribution in [1.82, 2.24) is 4.98 Å². The molecule has 2 aromatic rings. The first-order chi connectivity index (χ1) is 8.16. The fraction of sp³-hybridized carbons (Fsp3) is 0.0833. The predicted molar refractivity (Wildman–Crippen MR) is 62.9 cm³/mol. The molecule has 2 rings (SSSR count). The smallest absolute Gasteiger partial charge is 0.131 e. The highest BCUT2D eigenvalue weighted by Crippen LogP contribution is 2.15. The molecule has 5 heteroatoms. The van der Waals surface area contributed by atoms with Crippen LogP contribution in [0.1, 0.15) is 5.56 Å². The number of rotatable bonds is 3. The number of hydrogen-bond donors (Lipinski definition) is 1. The van der Waals surface area contributed by atoms with Gasteiger partial charge in [-0.1, -0.05) is 23.7 Å². The summed E-state index contributed by atoms with van der Waals surface area (Å²) in [6.07, 6.45) is 0. The molecule has 0 bridgehead atoms. The van der Waals surface area contributed by atoms with E-state index >= 15 is 0 Å². The van der Waals surface area contributed by atoms with Crippen molar-refractivity contribution in [3.8, 4) is 0 Å². The van der Waals surface area contributed by atoms with E-state index in [2.05, 4.69) is 10.3 Å². The van der Waals surface area contributed by atoms with Crippen LogP contribution in [0.25, 0.3) is 0 Å². The van der Waals surface area contributed by atoms with Crippen molar-refractivity contribution >= 4 is 17.4 Å². The summed E-state index contributed by atoms with van der Waals surface area (Å²) in [5.41, 5.74) is -0.0192. The first-order valence-electron chi connectivity index (χ1n) is 4.96. The highest BCUT2D eigenvalue weighted by molar-refractivity contribution is 6.29. The van der Waals surface area contributed by atoms with Crippen LogP contribution in [0.4, 0.5) is 14.6 Å². The molecular weight excluding hydrogens is 246 g/mol. The van der Waals surface area contributed by atoms with Gasteiger partial charge >= 0.3 is 0 Å². The second kappa shape index (κ2) is 5.10. The molecule has 1 heterocycles. The minimum absolute atomic E-state index is 0.0192. The van der Waals surface area contributed by atoms with Crippen LogP contribution >= 0.6 is 11.6 Å². The number of halogens is 3. The van der Waals surface area contributed by atoms with Gasteiger partial charge in [0.15, 0.2) is 0 Å². The number of pyridine rings is 1. The van der Waals surface area contributed by atoms with Crippen LogP contribution in [-0.4, -0.2) is 4.98 Å². The number of aromatic nitrogens is 1. The van der Waals surface area contributed by atoms with Crippen molar-refractivity contribution in [2.45, 2.75) is 6.54 Å². The summed E-state index contributed by atoms with van der Waals surface area (Å²) in [4.78, 5) is 3.96. The van der Waals surface area contributed by atoms with Gasteiger partial charge in [0.05, 0.1) is 0 Å². The second-order valence-electron chi connectivity index (χ2n) is 3.40. The maximum Gasteiger partial charge on any atom is 0.131 e. The Hall–Kier alpha value is -1.68. The molecule has 0 unspecified atom stereocenters. The monoisotopic (exact) mass is 254 g/mol. The van der Waals surface area contributed by atoms with Crippen molar-refractivity contribution in [3.63, 3.8) is 0 Å². The van der Waals surface area contributed by atoms with Crippen LogP contribution in [0.3, 0.4) is 0 Å². The molecule has 0 amide bonds. The Labute approximate surface area is 102 Å². The van der Waals surface area contributed by atoms with Crippen LogP contribution in [0.2, 0.25) is 5.15 Å². The molecular formula is C12H9ClF2N2. The summed E-state index contributed by atoms with van der Waals surface area (Å²) in [6, 6.07) is 8.75. The highest BCUT2D eigenvalue weighted by atomic mass is 35.5. The summed E-state index contributed by atoms with van der Waals surface area (Å²) < 4.78 is 26.6. The highest BCUT2D eigenvalue weighted by Gasteiger charge is 2.07. The summed E-state index contributed by atoms with van der Waals surface area (Å²) in [6.45, 7) is 0.0197. The Kier molecular flexibility index (Phi) is 3.54. The number of hydrogen-bond acceptors (Lipinski definition) is 2. The summed E-state index contributed by atoms with van der Waals surface area (Å²) in [5.74, 6) is -0.695. The molecule has 0 saturated carbocycles. The van der Waals surface area contributed by atoms with Gasteiger partial charge in [0.25, 0.3) is 0 Å². The van der Waals surface area contributed by atoms with E-state index in [1.807, 2.05) is 0 Å². The van der Waals surface area contributed by atoms with Crippen molar-refractivity contribution in [1.29, 1.82) is 0 Å². The Morgan fingerprint density at radius 3 is 2.35 bits per heavy atom. The molecule has 0 radical (unpaired) electrons. The minimum atomic E-state index is -0.584. The van der Waals surface area contributed by atoms with Gasteiger partial charge in [0.2, 0.25) is 0 Å². The van der Waals surface area contributed by atoms with Crippen LogP contribution in [0.15, 0.2) is 36.4 Å². The molecule has 1 aromatic carbocycles. The molecule has 0 saturated heterocycles. The Balaban J connectivity index is 2.13. The van der Waals surface area contributed by atoms with E-state index in [1.54, 1.807) is 18.2 Å². The molecule has 17 heavy (non-hydrogen) atoms. The molecule has 0 aliphatic rings. The second-order valence-corrected chi connectivity index (χ2v) is 3.79. The SMILES string of the molecule is Fc1cccc(F)c1CNc1cccc(Cl)n1. The third-order valence-electron chi connectivity index (χ3n) is 2.22. The average Bonchev–Trinajstić information content (AvgIpc) is 2.28. The maximum absolute atomic E-state index is 13.3. The normalized spacial score (nSPS) is 10.3. The van der Waals surface area contributed by atoms with Crippen LogP contribution < -0.4 is 5.32 Å². The average molecular weight is 255 g/mol. The van der Waals surface area contributed by atoms with E-state index in [0.29, 0.717) is 11.0 Å². The van der Waals surface area contributed by atoms with Crippen molar-refractivity contribution in [3.05, 3.63) is 58.7 Å². The minimum Gasteiger partial charge on any atom is -0.366 e. The Bertz CT molecular complexity index is 511. The number of nitrogens with zero attached hydrogens (tertiary/aromatic N) is 1. The quantitative estimate of drug-likeness (QED) is 0.846. The third-order valence-corrected chi connectivity index (χ3v) is 2.43. The largest absolute Gasteiger partial charge is 0.366 e. The standard InChI is InChI=1S/C12H9ClF2N2/c13-11-5-2-6-12(17-11)16-7-8-9(14)3-1-4-10(8)15/h1-6H,7H2,(H,16,17). The van der Waals surface area contributed by atoms with Crippen LogP contribution in [-0.2, 0) is 6.54 Å². The number of anilines is 1. The summed E-state index contributed by atoms with van der Waals surface area (Å²) in [5, 5.41) is 3.13. The molecule has 2 nitrogen and oxygen atoms in total. The Morgan fingerprint density at radius 1 is 1.06 bits per heavy atom. The zero-order valence-corrected chi connectivity index (χ0v) is 9.51. The van der Waals surface area contributed by atoms with Gasteiger partial charge in [0.1, 0.15) is 22.6 Å². The maximum atomic E-state index is 13.3. The lowest BCUT2D eigenvalue weighted by molar-refractivity contribution is 0.560. The van der Waals surface area contributed by atoms with Crippen molar-refractivity contribution in [2.75, 3.05) is 5.32 Å². The zero-order valence-electron chi connectivity index (χ0n) is 8.75.